The molecule has 23 heavy (non-hydrogen) atoms. The number of nitrogen functional groups attached to an aromatic ring is 1. The van der Waals surface area contributed by atoms with Crippen LogP contribution in [0.2, 0.25) is 0 Å². The molecule has 0 spiro atoms. The minimum absolute atomic E-state index is 0.178. The number of nitrogens with one attached hydrogen (secondary N) is 1. The molecule has 0 aliphatic heterocycles. The number of ether oxygens (including phenoxy) is 1. The van der Waals surface area contributed by atoms with Crippen molar-refractivity contribution in [1.82, 2.24) is 15.0 Å². The summed E-state index contributed by atoms with van der Waals surface area (Å²) < 4.78 is 5.81. The van der Waals surface area contributed by atoms with E-state index in [0.717, 1.165) is 53.8 Å². The van der Waals surface area contributed by atoms with Crippen molar-refractivity contribution in [3.8, 4) is 0 Å². The summed E-state index contributed by atoms with van der Waals surface area (Å²) in [5, 5.41) is 9.38. The van der Waals surface area contributed by atoms with E-state index in [9.17, 15) is 5.11 Å². The van der Waals surface area contributed by atoms with E-state index in [2.05, 4.69) is 9.97 Å². The van der Waals surface area contributed by atoms with Crippen molar-refractivity contribution in [2.24, 2.45) is 0 Å². The average molecular weight is 318 g/mol. The first-order chi connectivity index (χ1) is 11.0. The second-order valence-corrected chi connectivity index (χ2v) is 6.71. The van der Waals surface area contributed by atoms with Gasteiger partial charge in [-0.3, -0.25) is 0 Å². The highest BCUT2D eigenvalue weighted by Crippen LogP contribution is 2.39. The second kappa shape index (κ2) is 6.09. The smallest absolute Gasteiger partial charge is 0.149 e. The lowest BCUT2D eigenvalue weighted by molar-refractivity contribution is -0.0199. The molecule has 0 fully saturated rings. The van der Waals surface area contributed by atoms with Gasteiger partial charge >= 0.3 is 0 Å². The number of hydrogen-bond donors (Lipinski definition) is 3. The van der Waals surface area contributed by atoms with Crippen LogP contribution in [0.25, 0.3) is 11.0 Å². The van der Waals surface area contributed by atoms with E-state index in [4.69, 9.17) is 15.5 Å². The summed E-state index contributed by atoms with van der Waals surface area (Å²) in [7, 11) is 0. The number of aliphatic hydroxyl groups excluding tert-OH is 1. The van der Waals surface area contributed by atoms with Gasteiger partial charge in [-0.15, -0.1) is 0 Å². The number of nitrogens with zero attached hydrogens (tertiary/aromatic N) is 2. The zero-order chi connectivity index (χ0) is 16.6. The van der Waals surface area contributed by atoms with Crippen molar-refractivity contribution in [3.63, 3.8) is 0 Å². The Labute approximate surface area is 136 Å². The van der Waals surface area contributed by atoms with Gasteiger partial charge < -0.3 is 20.6 Å². The third kappa shape index (κ3) is 2.81. The average Bonchev–Trinajstić information content (AvgIpc) is 2.94. The summed E-state index contributed by atoms with van der Waals surface area (Å²) in [6, 6.07) is 0. The number of aliphatic hydroxyl groups is 1. The largest absolute Gasteiger partial charge is 0.396 e. The van der Waals surface area contributed by atoms with Crippen LogP contribution in [0.3, 0.4) is 0 Å². The number of imidazole rings is 1. The molecular weight excluding hydrogens is 292 g/mol. The third-order valence-electron chi connectivity index (χ3n) is 4.71. The predicted octanol–water partition coefficient (Wildman–Crippen LogP) is 2.61. The minimum Gasteiger partial charge on any atom is -0.396 e. The fraction of sp³-hybridized carbons (Fsp3) is 0.647. The number of aromatic amines is 1. The number of pyridine rings is 1. The highest BCUT2D eigenvalue weighted by atomic mass is 16.5. The van der Waals surface area contributed by atoms with Crippen molar-refractivity contribution in [2.45, 2.75) is 58.0 Å². The topological polar surface area (TPSA) is 97.0 Å². The fourth-order valence-corrected chi connectivity index (χ4v) is 3.59. The van der Waals surface area contributed by atoms with Gasteiger partial charge in [0.05, 0.1) is 5.52 Å². The summed E-state index contributed by atoms with van der Waals surface area (Å²) in [6.45, 7) is 6.76. The molecule has 0 radical (unpaired) electrons. The molecule has 6 nitrogen and oxygen atoms in total. The van der Waals surface area contributed by atoms with Crippen molar-refractivity contribution in [1.29, 1.82) is 0 Å². The van der Waals surface area contributed by atoms with Crippen LogP contribution in [0.4, 0.5) is 5.82 Å². The number of nitrogens with two attached hydrogens (primary N) is 1. The Morgan fingerprint density at radius 1 is 1.39 bits per heavy atom. The third-order valence-corrected chi connectivity index (χ3v) is 4.71. The zero-order valence-electron chi connectivity index (χ0n) is 14.1. The van der Waals surface area contributed by atoms with Crippen molar-refractivity contribution in [2.75, 3.05) is 18.9 Å². The molecule has 4 N–H and O–H groups in total. The lowest BCUT2D eigenvalue weighted by Crippen LogP contribution is -2.23. The number of hydrogen-bond acceptors (Lipinski definition) is 5. The number of H-pyrrole nitrogens is 1. The first-order valence-electron chi connectivity index (χ1n) is 8.41. The molecule has 6 heteroatoms. The van der Waals surface area contributed by atoms with E-state index < -0.39 is 5.60 Å². The lowest BCUT2D eigenvalue weighted by Gasteiger charge is -2.24. The van der Waals surface area contributed by atoms with Crippen LogP contribution >= 0.6 is 0 Å². The van der Waals surface area contributed by atoms with Crippen LogP contribution in [0, 0.1) is 0 Å². The number of aromatic nitrogens is 3. The van der Waals surface area contributed by atoms with Crippen molar-refractivity contribution in [3.05, 3.63) is 17.1 Å². The summed E-state index contributed by atoms with van der Waals surface area (Å²) in [5.41, 5.74) is 9.53. The molecule has 0 bridgehead atoms. The highest BCUT2D eigenvalue weighted by Gasteiger charge is 2.30. The summed E-state index contributed by atoms with van der Waals surface area (Å²) in [5.74, 6) is 1.56. The van der Waals surface area contributed by atoms with Crippen molar-refractivity contribution >= 4 is 16.9 Å². The van der Waals surface area contributed by atoms with E-state index in [1.807, 2.05) is 20.8 Å². The molecule has 2 aromatic heterocycles. The van der Waals surface area contributed by atoms with Gasteiger partial charge in [-0.25, -0.2) is 9.97 Å². The van der Waals surface area contributed by atoms with Crippen LogP contribution in [0.15, 0.2) is 0 Å². The van der Waals surface area contributed by atoms with Crippen LogP contribution in [-0.4, -0.2) is 33.3 Å². The quantitative estimate of drug-likeness (QED) is 0.787. The van der Waals surface area contributed by atoms with Crippen molar-refractivity contribution < 1.29 is 9.84 Å². The van der Waals surface area contributed by atoms with Gasteiger partial charge in [0.25, 0.3) is 0 Å². The number of aryl methyl sites for hydroxylation is 1. The molecule has 0 aromatic carbocycles. The van der Waals surface area contributed by atoms with Gasteiger partial charge in [-0.05, 0) is 52.4 Å². The molecule has 1 unspecified atom stereocenters. The number of fused-ring (bicyclic) bond motifs is 3. The molecule has 3 rings (SSSR count). The molecule has 1 atom stereocenters. The van der Waals surface area contributed by atoms with E-state index in [1.165, 1.54) is 0 Å². The van der Waals surface area contributed by atoms with E-state index in [1.54, 1.807) is 0 Å². The van der Waals surface area contributed by atoms with Crippen LogP contribution in [-0.2, 0) is 16.8 Å². The first-order valence-corrected chi connectivity index (χ1v) is 8.41. The van der Waals surface area contributed by atoms with E-state index >= 15 is 0 Å². The van der Waals surface area contributed by atoms with E-state index in [0.29, 0.717) is 18.3 Å². The Kier molecular flexibility index (Phi) is 4.29. The van der Waals surface area contributed by atoms with Gasteiger partial charge in [0.1, 0.15) is 22.8 Å². The lowest BCUT2D eigenvalue weighted by atomic mass is 9.83. The molecule has 1 aliphatic rings. The van der Waals surface area contributed by atoms with Gasteiger partial charge in [-0.2, -0.15) is 0 Å². The molecule has 1 aliphatic carbocycles. The van der Waals surface area contributed by atoms with Gasteiger partial charge in [0.15, 0.2) is 0 Å². The monoisotopic (exact) mass is 318 g/mol. The maximum Gasteiger partial charge on any atom is 0.149 e. The van der Waals surface area contributed by atoms with Crippen LogP contribution < -0.4 is 5.73 Å². The number of anilines is 1. The normalized spacial score (nSPS) is 18.3. The molecule has 126 valence electrons. The molecular formula is C17H26N4O2. The SMILES string of the molecule is CCOC(C)(C)c1nc2c3c(nc(N)c2[nH]1)CCCC3CCO. The summed E-state index contributed by atoms with van der Waals surface area (Å²) >= 11 is 0. The van der Waals surface area contributed by atoms with E-state index in [-0.39, 0.29) is 6.61 Å². The molecule has 0 amide bonds. The summed E-state index contributed by atoms with van der Waals surface area (Å²) in [4.78, 5) is 12.7. The second-order valence-electron chi connectivity index (χ2n) is 6.71. The maximum atomic E-state index is 9.38. The molecule has 0 saturated carbocycles. The zero-order valence-corrected chi connectivity index (χ0v) is 14.1. The van der Waals surface area contributed by atoms with Crippen LogP contribution in [0.1, 0.15) is 63.0 Å². The molecule has 2 heterocycles. The molecule has 2 aromatic rings. The standard InChI is InChI=1S/C17H26N4O2/c1-4-23-17(2,3)16-20-13-12-10(8-9-22)6-5-7-11(12)19-15(18)14(13)21-16/h10,22H,4-9H2,1-3H3,(H2,18,19)(H,20,21). The van der Waals surface area contributed by atoms with Gasteiger partial charge in [-0.1, -0.05) is 0 Å². The Hall–Kier alpha value is -1.66. The minimum atomic E-state index is -0.506. The predicted molar refractivity (Wildman–Crippen MR) is 90.3 cm³/mol. The van der Waals surface area contributed by atoms with Gasteiger partial charge in [0, 0.05) is 24.5 Å². The Morgan fingerprint density at radius 2 is 2.17 bits per heavy atom. The maximum absolute atomic E-state index is 9.38. The fourth-order valence-electron chi connectivity index (χ4n) is 3.59. The Morgan fingerprint density at radius 3 is 2.87 bits per heavy atom. The number of rotatable bonds is 5. The van der Waals surface area contributed by atoms with Crippen LogP contribution in [0.5, 0.6) is 0 Å². The first kappa shape index (κ1) is 16.2. The Balaban J connectivity index is 2.17. The Bertz CT molecular complexity index is 708. The van der Waals surface area contributed by atoms with Gasteiger partial charge in [0.2, 0.25) is 0 Å². The highest BCUT2D eigenvalue weighted by molar-refractivity contribution is 5.88. The molecule has 0 saturated heterocycles. The summed E-state index contributed by atoms with van der Waals surface area (Å²) in [6.07, 6.45) is 3.81.